The topological polar surface area (TPSA) is 17.1 Å². The molecular weight excluding hydrogens is 196 g/mol. The van der Waals surface area contributed by atoms with E-state index in [1.807, 2.05) is 0 Å². The molecule has 4 aliphatic carbocycles. The number of ketones is 1. The second-order valence-corrected chi connectivity index (χ2v) is 7.39. The highest BCUT2D eigenvalue weighted by atomic mass is 16.1. The number of hydrogen-bond donors (Lipinski definition) is 0. The van der Waals surface area contributed by atoms with Gasteiger partial charge in [0.1, 0.15) is 0 Å². The van der Waals surface area contributed by atoms with Crippen LogP contribution < -0.4 is 0 Å². The van der Waals surface area contributed by atoms with Gasteiger partial charge >= 0.3 is 0 Å². The molecule has 0 aromatic carbocycles. The van der Waals surface area contributed by atoms with Crippen LogP contribution in [0.4, 0.5) is 0 Å². The smallest absolute Gasteiger partial charge is 0.159 e. The van der Waals surface area contributed by atoms with Gasteiger partial charge in [-0.15, -0.1) is 0 Å². The first kappa shape index (κ1) is 9.44. The second-order valence-electron chi connectivity index (χ2n) is 7.39. The van der Waals surface area contributed by atoms with Gasteiger partial charge in [-0.25, -0.2) is 0 Å². The molecule has 0 aromatic rings. The van der Waals surface area contributed by atoms with Crippen LogP contribution in [-0.2, 0) is 4.79 Å². The van der Waals surface area contributed by atoms with Crippen molar-refractivity contribution >= 4 is 5.78 Å². The summed E-state index contributed by atoms with van der Waals surface area (Å²) in [4.78, 5) is 11.9. The van der Waals surface area contributed by atoms with Crippen molar-refractivity contribution in [3.8, 4) is 0 Å². The highest BCUT2D eigenvalue weighted by molar-refractivity contribution is 6.02. The van der Waals surface area contributed by atoms with E-state index in [0.717, 1.165) is 23.8 Å². The molecule has 4 fully saturated rings. The van der Waals surface area contributed by atoms with Crippen LogP contribution in [-0.4, -0.2) is 5.78 Å². The highest BCUT2D eigenvalue weighted by Crippen LogP contribution is 2.92. The van der Waals surface area contributed by atoms with Crippen molar-refractivity contribution in [1.29, 1.82) is 0 Å². The van der Waals surface area contributed by atoms with Crippen LogP contribution in [0.2, 0.25) is 0 Å². The summed E-state index contributed by atoms with van der Waals surface area (Å²) in [6.07, 6.45) is 3.51. The molecule has 4 saturated carbocycles. The van der Waals surface area contributed by atoms with Crippen LogP contribution >= 0.6 is 0 Å². The van der Waals surface area contributed by atoms with Gasteiger partial charge in [0, 0.05) is 11.8 Å². The Morgan fingerprint density at radius 2 is 2.00 bits per heavy atom. The highest BCUT2D eigenvalue weighted by Gasteiger charge is 2.89. The van der Waals surface area contributed by atoms with Gasteiger partial charge in [0.15, 0.2) is 5.78 Å². The second kappa shape index (κ2) is 2.07. The summed E-state index contributed by atoms with van der Waals surface area (Å²) < 4.78 is 0. The summed E-state index contributed by atoms with van der Waals surface area (Å²) in [5.74, 6) is 2.65. The zero-order valence-corrected chi connectivity index (χ0v) is 10.5. The van der Waals surface area contributed by atoms with Gasteiger partial charge in [-0.2, -0.15) is 0 Å². The van der Waals surface area contributed by atoms with Gasteiger partial charge in [-0.1, -0.05) is 27.4 Å². The molecule has 1 spiro atoms. The molecule has 0 N–H and O–H groups in total. The van der Waals surface area contributed by atoms with E-state index in [-0.39, 0.29) is 5.41 Å². The lowest BCUT2D eigenvalue weighted by molar-refractivity contribution is -0.115. The number of hydrogen-bond acceptors (Lipinski definition) is 1. The van der Waals surface area contributed by atoms with Gasteiger partial charge in [-0.3, -0.25) is 4.79 Å². The largest absolute Gasteiger partial charge is 0.295 e. The van der Waals surface area contributed by atoms with E-state index < -0.39 is 0 Å². The Bertz CT molecular complexity index is 446. The first-order valence-electron chi connectivity index (χ1n) is 6.61. The lowest BCUT2D eigenvalue weighted by Gasteiger charge is -2.28. The van der Waals surface area contributed by atoms with Crippen LogP contribution in [0.1, 0.15) is 40.0 Å². The van der Waals surface area contributed by atoms with Crippen molar-refractivity contribution in [3.05, 3.63) is 12.2 Å². The summed E-state index contributed by atoms with van der Waals surface area (Å²) in [6, 6.07) is 0. The third-order valence-corrected chi connectivity index (χ3v) is 6.92. The third-order valence-electron chi connectivity index (χ3n) is 6.92. The quantitative estimate of drug-likeness (QED) is 0.568. The molecule has 1 heteroatoms. The van der Waals surface area contributed by atoms with Gasteiger partial charge in [0.2, 0.25) is 0 Å². The Morgan fingerprint density at radius 1 is 1.31 bits per heavy atom. The van der Waals surface area contributed by atoms with Crippen molar-refractivity contribution in [2.45, 2.75) is 40.0 Å². The molecule has 1 nitrogen and oxygen atoms in total. The average molecular weight is 216 g/mol. The Labute approximate surface area is 97.3 Å². The number of allylic oxidation sites excluding steroid dienone is 1. The molecule has 0 heterocycles. The van der Waals surface area contributed by atoms with Crippen molar-refractivity contribution < 1.29 is 4.79 Å². The minimum Gasteiger partial charge on any atom is -0.295 e. The van der Waals surface area contributed by atoms with Crippen LogP contribution in [0, 0.1) is 34.0 Å². The van der Waals surface area contributed by atoms with Crippen LogP contribution in [0.5, 0.6) is 0 Å². The number of carbonyl (C=O) groups excluding carboxylic acids is 1. The molecule has 0 saturated heterocycles. The Balaban J connectivity index is 1.88. The zero-order chi connectivity index (χ0) is 11.5. The van der Waals surface area contributed by atoms with Gasteiger partial charge < -0.3 is 0 Å². The zero-order valence-electron chi connectivity index (χ0n) is 10.5. The van der Waals surface area contributed by atoms with E-state index >= 15 is 0 Å². The van der Waals surface area contributed by atoms with E-state index in [1.165, 1.54) is 12.8 Å². The van der Waals surface area contributed by atoms with Crippen LogP contribution in [0.3, 0.4) is 0 Å². The normalized spacial score (nSPS) is 60.1. The Morgan fingerprint density at radius 3 is 2.69 bits per heavy atom. The maximum absolute atomic E-state index is 11.9. The molecule has 0 unspecified atom stereocenters. The van der Waals surface area contributed by atoms with E-state index in [4.69, 9.17) is 0 Å². The maximum atomic E-state index is 11.9. The fourth-order valence-corrected chi connectivity index (χ4v) is 6.07. The van der Waals surface area contributed by atoms with E-state index in [9.17, 15) is 4.79 Å². The van der Waals surface area contributed by atoms with Gasteiger partial charge in [0.05, 0.1) is 0 Å². The summed E-state index contributed by atoms with van der Waals surface area (Å²) in [6.45, 7) is 11.4. The molecular formula is C15H20O. The summed E-state index contributed by atoms with van der Waals surface area (Å²) in [5.41, 5.74) is 2.16. The SMILES string of the molecule is C=C1C(=O)C[C@H]2[C@@]13[C@@H]1[C@H](CC[C@@]23C)C1(C)C. The molecule has 0 radical (unpaired) electrons. The van der Waals surface area contributed by atoms with Crippen LogP contribution in [0.15, 0.2) is 12.2 Å². The van der Waals surface area contributed by atoms with Gasteiger partial charge in [0.25, 0.3) is 0 Å². The predicted molar refractivity (Wildman–Crippen MR) is 62.8 cm³/mol. The van der Waals surface area contributed by atoms with Crippen LogP contribution in [0.25, 0.3) is 0 Å². The number of fused-ring (bicyclic) bond motifs is 2. The van der Waals surface area contributed by atoms with Crippen molar-refractivity contribution in [2.24, 2.45) is 34.0 Å². The molecule has 0 bridgehead atoms. The summed E-state index contributed by atoms with van der Waals surface area (Å²) in [7, 11) is 0. The Kier molecular flexibility index (Phi) is 1.22. The molecule has 0 aliphatic heterocycles. The first-order chi connectivity index (χ1) is 7.38. The molecule has 4 rings (SSSR count). The lowest BCUT2D eigenvalue weighted by Crippen LogP contribution is -2.24. The van der Waals surface area contributed by atoms with E-state index in [0.29, 0.717) is 22.5 Å². The summed E-state index contributed by atoms with van der Waals surface area (Å²) >= 11 is 0. The molecule has 5 atom stereocenters. The predicted octanol–water partition coefficient (Wildman–Crippen LogP) is 3.20. The lowest BCUT2D eigenvalue weighted by atomic mass is 9.75. The third kappa shape index (κ3) is 0.605. The average Bonchev–Trinajstić information content (AvgIpc) is 2.91. The first-order valence-corrected chi connectivity index (χ1v) is 6.61. The monoisotopic (exact) mass is 216 g/mol. The summed E-state index contributed by atoms with van der Waals surface area (Å²) in [5, 5.41) is 0. The Hall–Kier alpha value is -0.590. The van der Waals surface area contributed by atoms with Crippen molar-refractivity contribution in [3.63, 3.8) is 0 Å². The fourth-order valence-electron chi connectivity index (χ4n) is 6.07. The standard InChI is InChI=1S/C15H20O/c1-8-10(16)7-11-14(4)6-5-9-12(13(9,2)3)15(8,11)14/h9,11-12H,1,5-7H2,2-4H3/t9-,11+,12+,14-,15+/m0/s1. The minimum atomic E-state index is 0.247. The minimum absolute atomic E-state index is 0.247. The molecule has 4 aliphatic rings. The van der Waals surface area contributed by atoms with Gasteiger partial charge in [-0.05, 0) is 47.0 Å². The molecule has 0 aromatic heterocycles. The molecule has 16 heavy (non-hydrogen) atoms. The van der Waals surface area contributed by atoms with E-state index in [2.05, 4.69) is 27.4 Å². The maximum Gasteiger partial charge on any atom is 0.159 e. The van der Waals surface area contributed by atoms with Crippen molar-refractivity contribution in [2.75, 3.05) is 0 Å². The fraction of sp³-hybridized carbons (Fsp3) is 0.800. The molecule has 86 valence electrons. The van der Waals surface area contributed by atoms with E-state index in [1.54, 1.807) is 0 Å². The molecule has 0 amide bonds. The number of carbonyl (C=O) groups is 1. The number of rotatable bonds is 0. The van der Waals surface area contributed by atoms with Crippen molar-refractivity contribution in [1.82, 2.24) is 0 Å². The number of Topliss-reactive ketones (excluding diaryl/α,β-unsaturated/α-hetero) is 1.